The average molecular weight is 443 g/mol. The van der Waals surface area contributed by atoms with Gasteiger partial charge in [0.05, 0.1) is 6.10 Å². The van der Waals surface area contributed by atoms with Gasteiger partial charge in [0.25, 0.3) is 0 Å². The zero-order chi connectivity index (χ0) is 23.4. The molecule has 0 aromatic carbocycles. The molecule has 0 bridgehead atoms. The Morgan fingerprint density at radius 1 is 0.781 bits per heavy atom. The summed E-state index contributed by atoms with van der Waals surface area (Å²) in [6.45, 7) is 17.8. The van der Waals surface area contributed by atoms with Gasteiger partial charge in [0.15, 0.2) is 0 Å². The third-order valence-electron chi connectivity index (χ3n) is 12.8. The van der Waals surface area contributed by atoms with Gasteiger partial charge in [-0.25, -0.2) is 0 Å². The van der Waals surface area contributed by atoms with Crippen molar-refractivity contribution in [1.29, 1.82) is 0 Å². The summed E-state index contributed by atoms with van der Waals surface area (Å²) < 4.78 is 0. The second-order valence-electron chi connectivity index (χ2n) is 15.2. The van der Waals surface area contributed by atoms with Gasteiger partial charge in [-0.3, -0.25) is 0 Å². The average Bonchev–Trinajstić information content (AvgIpc) is 2.71. The standard InChI is InChI=1S/C30H50O2/c1-25(2)16-17-30(19-31)15-10-22-28(6)12-8-20-26(3,4)24(32)11-14-27(20,5)21(28)9-13-29(22,7)23(30)18-25/h10,20-21,23-24,31-32H,8-9,11-19H2,1-7H3/t20-,21+,23-,24-,27-,28+,29+,30+/m0/s1. The number of aliphatic hydroxyl groups excluding tert-OH is 2. The number of fused-ring (bicyclic) bond motifs is 7. The van der Waals surface area contributed by atoms with Crippen LogP contribution in [0.2, 0.25) is 0 Å². The Morgan fingerprint density at radius 3 is 2.06 bits per heavy atom. The van der Waals surface area contributed by atoms with Crippen LogP contribution in [0.4, 0.5) is 0 Å². The number of hydrogen-bond acceptors (Lipinski definition) is 2. The Hall–Kier alpha value is -0.340. The highest BCUT2D eigenvalue weighted by Crippen LogP contribution is 2.74. The lowest BCUT2D eigenvalue weighted by molar-refractivity contribution is -0.186. The normalized spacial score (nSPS) is 53.8. The first kappa shape index (κ1) is 23.4. The van der Waals surface area contributed by atoms with Gasteiger partial charge in [-0.05, 0) is 109 Å². The predicted octanol–water partition coefficient (Wildman–Crippen LogP) is 7.14. The topological polar surface area (TPSA) is 40.5 Å². The molecule has 0 aromatic rings. The molecule has 0 amide bonds. The van der Waals surface area contributed by atoms with Crippen molar-refractivity contribution in [3.05, 3.63) is 11.6 Å². The van der Waals surface area contributed by atoms with Crippen molar-refractivity contribution in [1.82, 2.24) is 0 Å². The summed E-state index contributed by atoms with van der Waals surface area (Å²) in [7, 11) is 0. The highest BCUT2D eigenvalue weighted by atomic mass is 16.3. The molecule has 5 rings (SSSR count). The van der Waals surface area contributed by atoms with Crippen molar-refractivity contribution in [2.45, 2.75) is 119 Å². The van der Waals surface area contributed by atoms with Crippen LogP contribution in [-0.4, -0.2) is 22.9 Å². The van der Waals surface area contributed by atoms with Crippen molar-refractivity contribution in [3.8, 4) is 0 Å². The van der Waals surface area contributed by atoms with E-state index in [1.165, 1.54) is 51.4 Å². The Kier molecular flexibility index (Phi) is 5.02. The third kappa shape index (κ3) is 2.84. The fourth-order valence-corrected chi connectivity index (χ4v) is 10.9. The Labute approximate surface area is 197 Å². The first-order valence-corrected chi connectivity index (χ1v) is 13.8. The summed E-state index contributed by atoms with van der Waals surface area (Å²) in [5, 5.41) is 21.6. The van der Waals surface area contributed by atoms with E-state index in [0.717, 1.165) is 18.8 Å². The molecule has 4 saturated carbocycles. The molecule has 2 nitrogen and oxygen atoms in total. The molecule has 2 N–H and O–H groups in total. The van der Waals surface area contributed by atoms with E-state index in [4.69, 9.17) is 0 Å². The largest absolute Gasteiger partial charge is 0.396 e. The lowest BCUT2D eigenvalue weighted by Crippen LogP contribution is -2.63. The van der Waals surface area contributed by atoms with E-state index >= 15 is 0 Å². The molecule has 4 fully saturated rings. The van der Waals surface area contributed by atoms with Gasteiger partial charge in [-0.15, -0.1) is 0 Å². The van der Waals surface area contributed by atoms with Gasteiger partial charge < -0.3 is 10.2 Å². The van der Waals surface area contributed by atoms with Crippen LogP contribution in [0.15, 0.2) is 11.6 Å². The summed E-state index contributed by atoms with van der Waals surface area (Å²) >= 11 is 0. The van der Waals surface area contributed by atoms with Gasteiger partial charge >= 0.3 is 0 Å². The number of rotatable bonds is 1. The monoisotopic (exact) mass is 442 g/mol. The Balaban J connectivity index is 1.57. The summed E-state index contributed by atoms with van der Waals surface area (Å²) in [6.07, 6.45) is 14.6. The maximum atomic E-state index is 10.9. The van der Waals surface area contributed by atoms with Crippen LogP contribution in [0.25, 0.3) is 0 Å². The molecule has 0 aliphatic heterocycles. The molecule has 0 aromatic heterocycles. The lowest BCUT2D eigenvalue weighted by Gasteiger charge is -2.70. The van der Waals surface area contributed by atoms with Crippen LogP contribution in [0.3, 0.4) is 0 Å². The second kappa shape index (κ2) is 6.87. The van der Waals surface area contributed by atoms with E-state index in [9.17, 15) is 10.2 Å². The lowest BCUT2D eigenvalue weighted by atomic mass is 9.34. The van der Waals surface area contributed by atoms with Crippen molar-refractivity contribution in [2.24, 2.45) is 50.2 Å². The molecule has 0 unspecified atom stereocenters. The molecule has 5 aliphatic carbocycles. The van der Waals surface area contributed by atoms with E-state index in [2.05, 4.69) is 54.5 Å². The molecule has 32 heavy (non-hydrogen) atoms. The van der Waals surface area contributed by atoms with Crippen molar-refractivity contribution in [3.63, 3.8) is 0 Å². The van der Waals surface area contributed by atoms with E-state index in [1.54, 1.807) is 5.57 Å². The first-order valence-electron chi connectivity index (χ1n) is 13.8. The Morgan fingerprint density at radius 2 is 1.41 bits per heavy atom. The van der Waals surface area contributed by atoms with E-state index in [0.29, 0.717) is 29.3 Å². The molecule has 5 aliphatic rings. The number of aliphatic hydroxyl groups is 2. The molecule has 0 saturated heterocycles. The van der Waals surface area contributed by atoms with Gasteiger partial charge in [0.2, 0.25) is 0 Å². The summed E-state index contributed by atoms with van der Waals surface area (Å²) in [4.78, 5) is 0. The summed E-state index contributed by atoms with van der Waals surface area (Å²) in [6, 6.07) is 0. The quantitative estimate of drug-likeness (QED) is 0.424. The summed E-state index contributed by atoms with van der Waals surface area (Å²) in [5.41, 5.74) is 3.13. The highest BCUT2D eigenvalue weighted by molar-refractivity contribution is 5.35. The second-order valence-corrected chi connectivity index (χ2v) is 15.2. The van der Waals surface area contributed by atoms with Gasteiger partial charge in [0, 0.05) is 12.0 Å². The fourth-order valence-electron chi connectivity index (χ4n) is 10.9. The molecule has 182 valence electrons. The molecule has 8 atom stereocenters. The van der Waals surface area contributed by atoms with Crippen LogP contribution in [0, 0.1) is 50.2 Å². The van der Waals surface area contributed by atoms with Gasteiger partial charge in [0.1, 0.15) is 0 Å². The Bertz CT molecular complexity index is 810. The van der Waals surface area contributed by atoms with E-state index in [1.807, 2.05) is 0 Å². The van der Waals surface area contributed by atoms with Crippen LogP contribution < -0.4 is 0 Å². The van der Waals surface area contributed by atoms with Gasteiger partial charge in [-0.1, -0.05) is 60.1 Å². The van der Waals surface area contributed by atoms with Crippen molar-refractivity contribution < 1.29 is 10.2 Å². The van der Waals surface area contributed by atoms with E-state index < -0.39 is 0 Å². The van der Waals surface area contributed by atoms with Crippen molar-refractivity contribution >= 4 is 0 Å². The molecule has 0 spiro atoms. The van der Waals surface area contributed by atoms with Crippen LogP contribution in [0.1, 0.15) is 113 Å². The molecular weight excluding hydrogens is 392 g/mol. The van der Waals surface area contributed by atoms with Crippen LogP contribution in [0.5, 0.6) is 0 Å². The first-order chi connectivity index (χ1) is 14.8. The minimum atomic E-state index is -0.151. The fraction of sp³-hybridized carbons (Fsp3) is 0.933. The van der Waals surface area contributed by atoms with Crippen molar-refractivity contribution in [2.75, 3.05) is 6.61 Å². The van der Waals surface area contributed by atoms with Crippen LogP contribution in [-0.2, 0) is 0 Å². The predicted molar refractivity (Wildman–Crippen MR) is 132 cm³/mol. The molecular formula is C30H50O2. The molecule has 0 radical (unpaired) electrons. The van der Waals surface area contributed by atoms with E-state index in [-0.39, 0.29) is 27.8 Å². The minimum Gasteiger partial charge on any atom is -0.396 e. The SMILES string of the molecule is CC1(C)CC[C@@]2(CO)CC=C3[C@]4(C)CC[C@H]5C(C)(C)[C@@H](O)CC[C@]5(C)[C@H]4CC[C@@]3(C)[C@@H]2C1. The highest BCUT2D eigenvalue weighted by Gasteiger charge is 2.67. The summed E-state index contributed by atoms with van der Waals surface area (Å²) in [5.74, 6) is 1.95. The number of allylic oxidation sites excluding steroid dienone is 2. The zero-order valence-corrected chi connectivity index (χ0v) is 22.1. The minimum absolute atomic E-state index is 0.0233. The maximum Gasteiger partial charge on any atom is 0.0594 e. The molecule has 2 heteroatoms. The molecule has 0 heterocycles. The smallest absolute Gasteiger partial charge is 0.0594 e. The number of hydrogen-bond donors (Lipinski definition) is 2. The maximum absolute atomic E-state index is 10.9. The zero-order valence-electron chi connectivity index (χ0n) is 22.1. The van der Waals surface area contributed by atoms with Gasteiger partial charge in [-0.2, -0.15) is 0 Å². The van der Waals surface area contributed by atoms with Crippen LogP contribution >= 0.6 is 0 Å². The third-order valence-corrected chi connectivity index (χ3v) is 12.8.